The van der Waals surface area contributed by atoms with Crippen molar-refractivity contribution in [2.24, 2.45) is 0 Å². The molecule has 0 aliphatic heterocycles. The summed E-state index contributed by atoms with van der Waals surface area (Å²) in [6.07, 6.45) is 0.224. The highest BCUT2D eigenvalue weighted by Gasteiger charge is 2.07. The third-order valence-electron chi connectivity index (χ3n) is 2.41. The number of nitrogens with zero attached hydrogens (tertiary/aromatic N) is 1. The fourth-order valence-electron chi connectivity index (χ4n) is 1.46. The van der Waals surface area contributed by atoms with Crippen LogP contribution >= 0.6 is 11.6 Å². The molecule has 18 heavy (non-hydrogen) atoms. The Morgan fingerprint density at radius 3 is 2.44 bits per heavy atom. The first-order chi connectivity index (χ1) is 8.52. The van der Waals surface area contributed by atoms with E-state index in [1.165, 1.54) is 0 Å². The van der Waals surface area contributed by atoms with Crippen LogP contribution in [0, 0.1) is 0 Å². The highest BCUT2D eigenvalue weighted by Crippen LogP contribution is 2.20. The van der Waals surface area contributed by atoms with Gasteiger partial charge in [-0.15, -0.1) is 11.6 Å². The number of ether oxygens (including phenoxy) is 2. The molecule has 0 aliphatic carbocycles. The average Bonchev–Trinajstić information content (AvgIpc) is 2.34. The van der Waals surface area contributed by atoms with Crippen LogP contribution in [-0.4, -0.2) is 24.3 Å². The van der Waals surface area contributed by atoms with Crippen molar-refractivity contribution >= 4 is 11.6 Å². The molecule has 0 aliphatic rings. The summed E-state index contributed by atoms with van der Waals surface area (Å²) in [6, 6.07) is 3.91. The lowest BCUT2D eigenvalue weighted by atomic mass is 10.1. The molecule has 1 rings (SSSR count). The second-order valence-electron chi connectivity index (χ2n) is 4.79. The molecule has 0 bridgehead atoms. The van der Waals surface area contributed by atoms with Gasteiger partial charge in [0.15, 0.2) is 0 Å². The van der Waals surface area contributed by atoms with Crippen molar-refractivity contribution in [1.82, 2.24) is 4.98 Å². The summed E-state index contributed by atoms with van der Waals surface area (Å²) in [7, 11) is 0. The Labute approximate surface area is 114 Å². The van der Waals surface area contributed by atoms with Gasteiger partial charge in [-0.05, 0) is 31.4 Å². The lowest BCUT2D eigenvalue weighted by Crippen LogP contribution is -2.12. The van der Waals surface area contributed by atoms with Gasteiger partial charge in [-0.1, -0.05) is 13.8 Å². The quantitative estimate of drug-likeness (QED) is 0.559. The minimum absolute atomic E-state index is 0.224. The lowest BCUT2D eigenvalue weighted by molar-refractivity contribution is 0.0542. The van der Waals surface area contributed by atoms with E-state index < -0.39 is 0 Å². The fraction of sp³-hybridized carbons (Fsp3) is 0.643. The summed E-state index contributed by atoms with van der Waals surface area (Å²) in [5.41, 5.74) is 2.04. The molecular weight excluding hydrogens is 250 g/mol. The maximum atomic E-state index is 5.87. The molecule has 1 heterocycles. The van der Waals surface area contributed by atoms with Gasteiger partial charge in [-0.3, -0.25) is 0 Å². The van der Waals surface area contributed by atoms with E-state index in [2.05, 4.69) is 18.8 Å². The maximum absolute atomic E-state index is 5.87. The SMILES string of the molecule is CC(C)OCCOc1cc(CCl)cc(C(C)C)n1. The van der Waals surface area contributed by atoms with Crippen LogP contribution in [0.5, 0.6) is 5.88 Å². The summed E-state index contributed by atoms with van der Waals surface area (Å²) in [5, 5.41) is 0. The molecule has 102 valence electrons. The van der Waals surface area contributed by atoms with E-state index in [0.29, 0.717) is 30.9 Å². The Balaban J connectivity index is 2.61. The number of alkyl halides is 1. The van der Waals surface area contributed by atoms with Crippen LogP contribution < -0.4 is 4.74 Å². The molecule has 0 spiro atoms. The van der Waals surface area contributed by atoms with Gasteiger partial charge in [0.2, 0.25) is 5.88 Å². The zero-order chi connectivity index (χ0) is 13.5. The van der Waals surface area contributed by atoms with Crippen LogP contribution in [0.2, 0.25) is 0 Å². The first-order valence-electron chi connectivity index (χ1n) is 6.34. The predicted octanol–water partition coefficient (Wildman–Crippen LogP) is 3.75. The molecule has 0 fully saturated rings. The predicted molar refractivity (Wildman–Crippen MR) is 74.5 cm³/mol. The Bertz CT molecular complexity index is 367. The maximum Gasteiger partial charge on any atom is 0.213 e. The largest absolute Gasteiger partial charge is 0.475 e. The van der Waals surface area contributed by atoms with Gasteiger partial charge in [0.25, 0.3) is 0 Å². The van der Waals surface area contributed by atoms with Crippen molar-refractivity contribution in [3.05, 3.63) is 23.4 Å². The Morgan fingerprint density at radius 2 is 1.89 bits per heavy atom. The van der Waals surface area contributed by atoms with E-state index in [0.717, 1.165) is 11.3 Å². The Kier molecular flexibility index (Phi) is 6.44. The van der Waals surface area contributed by atoms with E-state index in [1.54, 1.807) is 0 Å². The number of aromatic nitrogens is 1. The molecule has 0 aromatic carbocycles. The third kappa shape index (κ3) is 5.23. The minimum Gasteiger partial charge on any atom is -0.475 e. The number of hydrogen-bond acceptors (Lipinski definition) is 3. The van der Waals surface area contributed by atoms with Crippen LogP contribution in [0.3, 0.4) is 0 Å². The molecular formula is C14H22ClNO2. The van der Waals surface area contributed by atoms with Crippen molar-refractivity contribution < 1.29 is 9.47 Å². The summed E-state index contributed by atoms with van der Waals surface area (Å²) in [4.78, 5) is 4.46. The Morgan fingerprint density at radius 1 is 1.17 bits per heavy atom. The van der Waals surface area contributed by atoms with Gasteiger partial charge in [0, 0.05) is 17.6 Å². The average molecular weight is 272 g/mol. The molecule has 3 nitrogen and oxygen atoms in total. The van der Waals surface area contributed by atoms with Gasteiger partial charge in [0.05, 0.1) is 12.7 Å². The summed E-state index contributed by atoms with van der Waals surface area (Å²) in [6.45, 7) is 9.29. The highest BCUT2D eigenvalue weighted by molar-refractivity contribution is 6.17. The molecule has 0 saturated carbocycles. The van der Waals surface area contributed by atoms with Crippen LogP contribution in [0.1, 0.15) is 44.9 Å². The molecule has 0 N–H and O–H groups in total. The van der Waals surface area contributed by atoms with Crippen molar-refractivity contribution in [3.63, 3.8) is 0 Å². The zero-order valence-electron chi connectivity index (χ0n) is 11.6. The van der Waals surface area contributed by atoms with Gasteiger partial charge >= 0.3 is 0 Å². The standard InChI is InChI=1S/C14H22ClNO2/c1-10(2)13-7-12(9-15)8-14(16-13)18-6-5-17-11(3)4/h7-8,10-11H,5-6,9H2,1-4H3. The highest BCUT2D eigenvalue weighted by atomic mass is 35.5. The molecule has 0 atom stereocenters. The van der Waals surface area contributed by atoms with Crippen molar-refractivity contribution in [3.8, 4) is 5.88 Å². The minimum atomic E-state index is 0.224. The zero-order valence-corrected chi connectivity index (χ0v) is 12.3. The first-order valence-corrected chi connectivity index (χ1v) is 6.87. The fourth-order valence-corrected chi connectivity index (χ4v) is 1.61. The van der Waals surface area contributed by atoms with Gasteiger partial charge in [0.1, 0.15) is 6.61 Å². The summed E-state index contributed by atoms with van der Waals surface area (Å²) in [5.74, 6) is 1.47. The van der Waals surface area contributed by atoms with Crippen molar-refractivity contribution in [2.45, 2.75) is 45.6 Å². The van der Waals surface area contributed by atoms with Crippen LogP contribution in [0.25, 0.3) is 0 Å². The van der Waals surface area contributed by atoms with Crippen molar-refractivity contribution in [2.75, 3.05) is 13.2 Å². The molecule has 0 amide bonds. The lowest BCUT2D eigenvalue weighted by Gasteiger charge is -2.12. The van der Waals surface area contributed by atoms with Crippen molar-refractivity contribution in [1.29, 1.82) is 0 Å². The molecule has 1 aromatic heterocycles. The molecule has 4 heteroatoms. The molecule has 1 aromatic rings. The second kappa shape index (κ2) is 7.59. The van der Waals surface area contributed by atoms with E-state index in [1.807, 2.05) is 26.0 Å². The normalized spacial score (nSPS) is 11.3. The van der Waals surface area contributed by atoms with E-state index in [-0.39, 0.29) is 6.10 Å². The van der Waals surface area contributed by atoms with E-state index in [4.69, 9.17) is 21.1 Å². The molecule has 0 unspecified atom stereocenters. The van der Waals surface area contributed by atoms with E-state index >= 15 is 0 Å². The van der Waals surface area contributed by atoms with Gasteiger partial charge in [-0.25, -0.2) is 4.98 Å². The van der Waals surface area contributed by atoms with E-state index in [9.17, 15) is 0 Å². The number of pyridine rings is 1. The smallest absolute Gasteiger partial charge is 0.213 e. The van der Waals surface area contributed by atoms with Gasteiger partial charge in [-0.2, -0.15) is 0 Å². The third-order valence-corrected chi connectivity index (χ3v) is 2.72. The molecule has 0 saturated heterocycles. The Hall–Kier alpha value is -0.800. The van der Waals surface area contributed by atoms with Crippen LogP contribution in [-0.2, 0) is 10.6 Å². The topological polar surface area (TPSA) is 31.4 Å². The molecule has 0 radical (unpaired) electrons. The second-order valence-corrected chi connectivity index (χ2v) is 5.06. The number of halogens is 1. The monoisotopic (exact) mass is 271 g/mol. The summed E-state index contributed by atoms with van der Waals surface area (Å²) < 4.78 is 11.0. The number of rotatable bonds is 7. The van der Waals surface area contributed by atoms with Crippen LogP contribution in [0.4, 0.5) is 0 Å². The van der Waals surface area contributed by atoms with Gasteiger partial charge < -0.3 is 9.47 Å². The number of hydrogen-bond donors (Lipinski definition) is 0. The summed E-state index contributed by atoms with van der Waals surface area (Å²) >= 11 is 5.87. The van der Waals surface area contributed by atoms with Crippen LogP contribution in [0.15, 0.2) is 12.1 Å². The first kappa shape index (κ1) is 15.3.